The average Bonchev–Trinajstić information content (AvgIpc) is 2.58. The minimum absolute atomic E-state index is 0.285. The minimum atomic E-state index is -1.04. The fourth-order valence-electron chi connectivity index (χ4n) is 1.98. The van der Waals surface area contributed by atoms with Gasteiger partial charge in [-0.3, -0.25) is 0 Å². The number of methoxy groups -OCH3 is 1. The quantitative estimate of drug-likeness (QED) is 0.579. The summed E-state index contributed by atoms with van der Waals surface area (Å²) in [5, 5.41) is 9.23. The summed E-state index contributed by atoms with van der Waals surface area (Å²) in [6.45, 7) is 0.596. The molecule has 2 rings (SSSR count). The molecule has 0 saturated heterocycles. The van der Waals surface area contributed by atoms with Crippen molar-refractivity contribution in [1.82, 2.24) is 0 Å². The van der Waals surface area contributed by atoms with Crippen LogP contribution in [0.3, 0.4) is 0 Å². The van der Waals surface area contributed by atoms with E-state index in [0.29, 0.717) is 34.4 Å². The van der Waals surface area contributed by atoms with Crippen molar-refractivity contribution in [2.45, 2.75) is 0 Å². The zero-order valence-corrected chi connectivity index (χ0v) is 13.8. The van der Waals surface area contributed by atoms with E-state index >= 15 is 0 Å². The number of rotatable bonds is 8. The molecular formula is C18H17ClO5. The highest BCUT2D eigenvalue weighted by molar-refractivity contribution is 6.30. The summed E-state index contributed by atoms with van der Waals surface area (Å²) in [5.41, 5.74) is 0.585. The Balaban J connectivity index is 1.96. The number of ether oxygens (including phenoxy) is 3. The number of para-hydroxylation sites is 2. The Kier molecular flexibility index (Phi) is 6.51. The van der Waals surface area contributed by atoms with Crippen LogP contribution in [0.2, 0.25) is 5.02 Å². The molecule has 0 saturated carbocycles. The van der Waals surface area contributed by atoms with Crippen LogP contribution in [0.5, 0.6) is 17.2 Å². The van der Waals surface area contributed by atoms with Crippen molar-refractivity contribution in [2.24, 2.45) is 0 Å². The van der Waals surface area contributed by atoms with E-state index in [1.807, 2.05) is 24.3 Å². The number of aliphatic carboxylic acids is 1. The number of carboxylic acids is 1. The Hall–Kier alpha value is -2.66. The van der Waals surface area contributed by atoms with Crippen molar-refractivity contribution >= 4 is 23.6 Å². The summed E-state index contributed by atoms with van der Waals surface area (Å²) in [6, 6.07) is 12.3. The molecule has 0 aliphatic carbocycles. The largest absolute Gasteiger partial charge is 0.493 e. The fourth-order valence-corrected chi connectivity index (χ4v) is 2.16. The summed E-state index contributed by atoms with van der Waals surface area (Å²) in [6.07, 6.45) is 2.47. The smallest absolute Gasteiger partial charge is 0.328 e. The monoisotopic (exact) mass is 348 g/mol. The predicted molar refractivity (Wildman–Crippen MR) is 92.1 cm³/mol. The first-order valence-corrected chi connectivity index (χ1v) is 7.57. The lowest BCUT2D eigenvalue weighted by Crippen LogP contribution is -2.10. The van der Waals surface area contributed by atoms with E-state index in [0.717, 1.165) is 6.08 Å². The number of carbonyl (C=O) groups is 1. The number of halogens is 1. The number of hydrogen-bond acceptors (Lipinski definition) is 4. The summed E-state index contributed by atoms with van der Waals surface area (Å²) < 4.78 is 16.5. The number of hydrogen-bond donors (Lipinski definition) is 1. The maximum Gasteiger partial charge on any atom is 0.328 e. The van der Waals surface area contributed by atoms with Crippen molar-refractivity contribution < 1.29 is 24.1 Å². The van der Waals surface area contributed by atoms with Crippen molar-refractivity contribution in [2.75, 3.05) is 20.3 Å². The highest BCUT2D eigenvalue weighted by atomic mass is 35.5. The van der Waals surface area contributed by atoms with Crippen LogP contribution in [0.1, 0.15) is 5.56 Å². The Labute approximate surface area is 145 Å². The third-order valence-corrected chi connectivity index (χ3v) is 3.28. The minimum Gasteiger partial charge on any atom is -0.493 e. The Morgan fingerprint density at radius 2 is 1.75 bits per heavy atom. The van der Waals surface area contributed by atoms with Crippen molar-refractivity contribution in [3.8, 4) is 17.2 Å². The van der Waals surface area contributed by atoms with E-state index in [-0.39, 0.29) is 6.61 Å². The van der Waals surface area contributed by atoms with Gasteiger partial charge in [0.15, 0.2) is 11.5 Å². The molecule has 0 unspecified atom stereocenters. The van der Waals surface area contributed by atoms with Gasteiger partial charge in [0.1, 0.15) is 19.0 Å². The molecule has 2 aromatic rings. The van der Waals surface area contributed by atoms with Gasteiger partial charge in [0, 0.05) is 16.7 Å². The lowest BCUT2D eigenvalue weighted by molar-refractivity contribution is -0.131. The van der Waals surface area contributed by atoms with E-state index in [2.05, 4.69) is 0 Å². The molecule has 0 aromatic heterocycles. The van der Waals surface area contributed by atoms with Gasteiger partial charge in [0.25, 0.3) is 0 Å². The molecule has 0 aliphatic heterocycles. The van der Waals surface area contributed by atoms with Crippen LogP contribution in [-0.4, -0.2) is 31.4 Å². The Bertz CT molecular complexity index is 727. The SMILES string of the molecule is COc1ccccc1OCCOc1ccc(Cl)cc1C=CC(=O)O. The molecule has 0 heterocycles. The summed E-state index contributed by atoms with van der Waals surface area (Å²) in [4.78, 5) is 10.7. The highest BCUT2D eigenvalue weighted by Gasteiger charge is 2.05. The zero-order chi connectivity index (χ0) is 17.4. The predicted octanol–water partition coefficient (Wildman–Crippen LogP) is 3.90. The van der Waals surface area contributed by atoms with E-state index in [1.54, 1.807) is 25.3 Å². The van der Waals surface area contributed by atoms with Crippen molar-refractivity contribution in [1.29, 1.82) is 0 Å². The van der Waals surface area contributed by atoms with Gasteiger partial charge in [-0.25, -0.2) is 4.79 Å². The zero-order valence-electron chi connectivity index (χ0n) is 13.1. The molecule has 0 fully saturated rings. The van der Waals surface area contributed by atoms with E-state index in [4.69, 9.17) is 30.9 Å². The first-order chi connectivity index (χ1) is 11.6. The van der Waals surface area contributed by atoms with Gasteiger partial charge < -0.3 is 19.3 Å². The van der Waals surface area contributed by atoms with Gasteiger partial charge in [-0.1, -0.05) is 23.7 Å². The maximum absolute atomic E-state index is 10.7. The maximum atomic E-state index is 10.7. The summed E-state index contributed by atoms with van der Waals surface area (Å²) >= 11 is 5.93. The van der Waals surface area contributed by atoms with Gasteiger partial charge in [-0.05, 0) is 36.4 Å². The standard InChI is InChI=1S/C18H17ClO5/c1-22-16-4-2-3-5-17(16)24-11-10-23-15-8-7-14(19)12-13(15)6-9-18(20)21/h2-9,12H,10-11H2,1H3,(H,20,21). The van der Waals surface area contributed by atoms with Gasteiger partial charge in [0.05, 0.1) is 7.11 Å². The van der Waals surface area contributed by atoms with E-state index in [1.165, 1.54) is 6.08 Å². The Morgan fingerprint density at radius 3 is 2.42 bits per heavy atom. The first kappa shape index (κ1) is 17.7. The van der Waals surface area contributed by atoms with Crippen LogP contribution in [0.15, 0.2) is 48.5 Å². The summed E-state index contributed by atoms with van der Waals surface area (Å²) in [5.74, 6) is 0.765. The molecular weight excluding hydrogens is 332 g/mol. The van der Waals surface area contributed by atoms with E-state index in [9.17, 15) is 4.79 Å². The first-order valence-electron chi connectivity index (χ1n) is 7.19. The molecule has 0 spiro atoms. The van der Waals surface area contributed by atoms with Gasteiger partial charge in [0.2, 0.25) is 0 Å². The fraction of sp³-hybridized carbons (Fsp3) is 0.167. The lowest BCUT2D eigenvalue weighted by atomic mass is 10.2. The van der Waals surface area contributed by atoms with Crippen molar-refractivity contribution in [3.63, 3.8) is 0 Å². The molecule has 0 atom stereocenters. The molecule has 126 valence electrons. The Morgan fingerprint density at radius 1 is 1.08 bits per heavy atom. The molecule has 2 aromatic carbocycles. The van der Waals surface area contributed by atoms with Crippen LogP contribution in [0, 0.1) is 0 Å². The normalized spacial score (nSPS) is 10.6. The number of benzene rings is 2. The molecule has 0 bridgehead atoms. The lowest BCUT2D eigenvalue weighted by Gasteiger charge is -2.12. The molecule has 1 N–H and O–H groups in total. The molecule has 0 radical (unpaired) electrons. The van der Waals surface area contributed by atoms with Crippen molar-refractivity contribution in [3.05, 3.63) is 59.1 Å². The molecule has 6 heteroatoms. The van der Waals surface area contributed by atoms with Crippen LogP contribution in [0.4, 0.5) is 0 Å². The molecule has 0 amide bonds. The summed E-state index contributed by atoms with van der Waals surface area (Å²) in [7, 11) is 1.58. The van der Waals surface area contributed by atoms with Crippen LogP contribution in [0.25, 0.3) is 6.08 Å². The molecule has 0 aliphatic rings. The average molecular weight is 349 g/mol. The topological polar surface area (TPSA) is 65.0 Å². The third-order valence-electron chi connectivity index (χ3n) is 3.04. The second-order valence-electron chi connectivity index (χ2n) is 4.70. The van der Waals surface area contributed by atoms with Crippen LogP contribution < -0.4 is 14.2 Å². The van der Waals surface area contributed by atoms with Gasteiger partial charge in [-0.2, -0.15) is 0 Å². The molecule has 24 heavy (non-hydrogen) atoms. The van der Waals surface area contributed by atoms with E-state index < -0.39 is 5.97 Å². The van der Waals surface area contributed by atoms with Crippen LogP contribution >= 0.6 is 11.6 Å². The molecule has 5 nitrogen and oxygen atoms in total. The van der Waals surface area contributed by atoms with Gasteiger partial charge in [-0.15, -0.1) is 0 Å². The third kappa shape index (κ3) is 5.21. The number of carboxylic acid groups (broad SMARTS) is 1. The van der Waals surface area contributed by atoms with Crippen LogP contribution in [-0.2, 0) is 4.79 Å². The highest BCUT2D eigenvalue weighted by Crippen LogP contribution is 2.26. The second kappa shape index (κ2) is 8.84. The van der Waals surface area contributed by atoms with Gasteiger partial charge >= 0.3 is 5.97 Å². The second-order valence-corrected chi connectivity index (χ2v) is 5.14.